The summed E-state index contributed by atoms with van der Waals surface area (Å²) in [6.45, 7) is 1.95. The molecule has 0 bridgehead atoms. The number of benzene rings is 1. The van der Waals surface area contributed by atoms with Crippen molar-refractivity contribution in [1.82, 2.24) is 4.98 Å². The first-order chi connectivity index (χ1) is 8.56. The first-order valence-corrected chi connectivity index (χ1v) is 6.84. The summed E-state index contributed by atoms with van der Waals surface area (Å²) >= 11 is 6.67. The van der Waals surface area contributed by atoms with Crippen LogP contribution in [-0.4, -0.2) is 10.9 Å². The van der Waals surface area contributed by atoms with E-state index >= 15 is 0 Å². The summed E-state index contributed by atoms with van der Waals surface area (Å²) in [4.78, 5) is 16.1. The lowest BCUT2D eigenvalue weighted by Crippen LogP contribution is -2.12. The number of pyridine rings is 1. The van der Waals surface area contributed by atoms with Gasteiger partial charge in [-0.3, -0.25) is 4.79 Å². The van der Waals surface area contributed by atoms with Crippen LogP contribution in [-0.2, 0) is 0 Å². The number of halogens is 2. The summed E-state index contributed by atoms with van der Waals surface area (Å²) in [5.74, 6) is -0.159. The van der Waals surface area contributed by atoms with Gasteiger partial charge in [0.1, 0.15) is 4.60 Å². The van der Waals surface area contributed by atoms with E-state index in [1.54, 1.807) is 24.4 Å². The zero-order valence-electron chi connectivity index (χ0n) is 9.58. The van der Waals surface area contributed by atoms with Crippen molar-refractivity contribution in [2.45, 2.75) is 6.92 Å². The molecule has 3 nitrogen and oxygen atoms in total. The van der Waals surface area contributed by atoms with Crippen LogP contribution < -0.4 is 5.32 Å². The van der Waals surface area contributed by atoms with Crippen LogP contribution in [0.5, 0.6) is 0 Å². The average molecular weight is 370 g/mol. The van der Waals surface area contributed by atoms with E-state index in [9.17, 15) is 4.79 Å². The fourth-order valence-electron chi connectivity index (χ4n) is 1.54. The third kappa shape index (κ3) is 3.17. The lowest BCUT2D eigenvalue weighted by Gasteiger charge is -2.07. The Morgan fingerprint density at radius 3 is 2.72 bits per heavy atom. The molecule has 0 aliphatic heterocycles. The van der Waals surface area contributed by atoms with Crippen LogP contribution in [0, 0.1) is 6.92 Å². The SMILES string of the molecule is Cc1cc(Br)cc(C(=O)Nc2cccnc2Br)c1. The van der Waals surface area contributed by atoms with Crippen molar-refractivity contribution in [3.05, 3.63) is 56.7 Å². The maximum atomic E-state index is 12.1. The van der Waals surface area contributed by atoms with Crippen molar-refractivity contribution in [3.63, 3.8) is 0 Å². The molecule has 1 N–H and O–H groups in total. The highest BCUT2D eigenvalue weighted by Gasteiger charge is 2.09. The molecule has 18 heavy (non-hydrogen) atoms. The second kappa shape index (κ2) is 5.63. The molecule has 5 heteroatoms. The molecule has 0 radical (unpaired) electrons. The Hall–Kier alpha value is -1.20. The van der Waals surface area contributed by atoms with Crippen molar-refractivity contribution in [2.75, 3.05) is 5.32 Å². The van der Waals surface area contributed by atoms with Crippen LogP contribution in [0.1, 0.15) is 15.9 Å². The number of nitrogens with zero attached hydrogens (tertiary/aromatic N) is 1. The molecule has 0 saturated heterocycles. The van der Waals surface area contributed by atoms with Gasteiger partial charge in [0.2, 0.25) is 0 Å². The van der Waals surface area contributed by atoms with E-state index in [-0.39, 0.29) is 5.91 Å². The number of carbonyl (C=O) groups is 1. The van der Waals surface area contributed by atoms with Crippen molar-refractivity contribution < 1.29 is 4.79 Å². The zero-order chi connectivity index (χ0) is 13.1. The van der Waals surface area contributed by atoms with Crippen LogP contribution in [0.3, 0.4) is 0 Å². The summed E-state index contributed by atoms with van der Waals surface area (Å²) in [5.41, 5.74) is 2.29. The summed E-state index contributed by atoms with van der Waals surface area (Å²) in [6.07, 6.45) is 1.66. The molecule has 92 valence electrons. The van der Waals surface area contributed by atoms with Crippen molar-refractivity contribution in [2.24, 2.45) is 0 Å². The minimum Gasteiger partial charge on any atom is -0.320 e. The van der Waals surface area contributed by atoms with Gasteiger partial charge in [-0.05, 0) is 58.7 Å². The van der Waals surface area contributed by atoms with Gasteiger partial charge in [-0.2, -0.15) is 0 Å². The van der Waals surface area contributed by atoms with Gasteiger partial charge in [-0.25, -0.2) is 4.98 Å². The molecule has 0 unspecified atom stereocenters. The van der Waals surface area contributed by atoms with Gasteiger partial charge < -0.3 is 5.32 Å². The first kappa shape index (κ1) is 13.2. The second-order valence-corrected chi connectivity index (χ2v) is 5.48. The molecule has 2 rings (SSSR count). The third-order valence-corrected chi connectivity index (χ3v) is 3.40. The standard InChI is InChI=1S/C13H10Br2N2O/c1-8-5-9(7-10(14)6-8)13(18)17-11-3-2-4-16-12(11)15/h2-7H,1H3,(H,17,18). The number of anilines is 1. The molecule has 0 aliphatic carbocycles. The highest BCUT2D eigenvalue weighted by Crippen LogP contribution is 2.20. The Balaban J connectivity index is 2.25. The average Bonchev–Trinajstić information content (AvgIpc) is 2.31. The highest BCUT2D eigenvalue weighted by molar-refractivity contribution is 9.10. The van der Waals surface area contributed by atoms with Crippen molar-refractivity contribution in [1.29, 1.82) is 0 Å². The molecule has 0 saturated carbocycles. The number of aryl methyl sites for hydroxylation is 1. The lowest BCUT2D eigenvalue weighted by atomic mass is 10.1. The number of rotatable bonds is 2. The molecule has 1 aromatic carbocycles. The lowest BCUT2D eigenvalue weighted by molar-refractivity contribution is 0.102. The van der Waals surface area contributed by atoms with Gasteiger partial charge in [-0.1, -0.05) is 15.9 Å². The minimum atomic E-state index is -0.159. The summed E-state index contributed by atoms with van der Waals surface area (Å²) < 4.78 is 1.50. The van der Waals surface area contributed by atoms with Crippen molar-refractivity contribution >= 4 is 43.5 Å². The van der Waals surface area contributed by atoms with Gasteiger partial charge >= 0.3 is 0 Å². The van der Waals surface area contributed by atoms with Gasteiger partial charge in [-0.15, -0.1) is 0 Å². The number of hydrogen-bond donors (Lipinski definition) is 1. The predicted molar refractivity (Wildman–Crippen MR) is 78.8 cm³/mol. The van der Waals surface area contributed by atoms with E-state index in [4.69, 9.17) is 0 Å². The third-order valence-electron chi connectivity index (χ3n) is 2.31. The molecule has 0 spiro atoms. The maximum Gasteiger partial charge on any atom is 0.255 e. The van der Waals surface area contributed by atoms with E-state index in [0.717, 1.165) is 10.0 Å². The van der Waals surface area contributed by atoms with E-state index in [0.29, 0.717) is 15.9 Å². The van der Waals surface area contributed by atoms with E-state index < -0.39 is 0 Å². The quantitative estimate of drug-likeness (QED) is 0.807. The van der Waals surface area contributed by atoms with Crippen LogP contribution in [0.25, 0.3) is 0 Å². The van der Waals surface area contributed by atoms with E-state index in [1.165, 1.54) is 0 Å². The van der Waals surface area contributed by atoms with E-state index in [1.807, 2.05) is 19.1 Å². The van der Waals surface area contributed by atoms with Crippen LogP contribution in [0.2, 0.25) is 0 Å². The molecular formula is C13H10Br2N2O. The number of nitrogens with one attached hydrogen (secondary N) is 1. The largest absolute Gasteiger partial charge is 0.320 e. The predicted octanol–water partition coefficient (Wildman–Crippen LogP) is 4.17. The number of aromatic nitrogens is 1. The topological polar surface area (TPSA) is 42.0 Å². The fraction of sp³-hybridized carbons (Fsp3) is 0.0769. The number of hydrogen-bond acceptors (Lipinski definition) is 2. The molecule has 1 aromatic heterocycles. The highest BCUT2D eigenvalue weighted by atomic mass is 79.9. The smallest absolute Gasteiger partial charge is 0.255 e. The summed E-state index contributed by atoms with van der Waals surface area (Å²) in [6, 6.07) is 9.14. The van der Waals surface area contributed by atoms with Gasteiger partial charge in [0, 0.05) is 16.2 Å². The molecule has 0 fully saturated rings. The zero-order valence-corrected chi connectivity index (χ0v) is 12.7. The molecule has 0 atom stereocenters. The van der Waals surface area contributed by atoms with Crippen LogP contribution >= 0.6 is 31.9 Å². The number of carbonyl (C=O) groups excluding carboxylic acids is 1. The number of amides is 1. The molecule has 1 amide bonds. The molecule has 1 heterocycles. The van der Waals surface area contributed by atoms with Gasteiger partial charge in [0.05, 0.1) is 5.69 Å². The van der Waals surface area contributed by atoms with Gasteiger partial charge in [0.25, 0.3) is 5.91 Å². The minimum absolute atomic E-state index is 0.159. The summed E-state index contributed by atoms with van der Waals surface area (Å²) in [5, 5.41) is 2.81. The first-order valence-electron chi connectivity index (χ1n) is 5.25. The Morgan fingerprint density at radius 1 is 1.28 bits per heavy atom. The Labute approximate surface area is 122 Å². The summed E-state index contributed by atoms with van der Waals surface area (Å²) in [7, 11) is 0. The van der Waals surface area contributed by atoms with Crippen LogP contribution in [0.4, 0.5) is 5.69 Å². The molecular weight excluding hydrogens is 360 g/mol. The van der Waals surface area contributed by atoms with Crippen LogP contribution in [0.15, 0.2) is 45.6 Å². The Kier molecular flexibility index (Phi) is 4.14. The van der Waals surface area contributed by atoms with E-state index in [2.05, 4.69) is 42.2 Å². The molecule has 2 aromatic rings. The normalized spacial score (nSPS) is 10.2. The monoisotopic (exact) mass is 368 g/mol. The fourth-order valence-corrected chi connectivity index (χ4v) is 2.50. The Morgan fingerprint density at radius 2 is 2.06 bits per heavy atom. The maximum absolute atomic E-state index is 12.1. The molecule has 0 aliphatic rings. The van der Waals surface area contributed by atoms with Crippen molar-refractivity contribution in [3.8, 4) is 0 Å². The Bertz CT molecular complexity index is 579. The second-order valence-electron chi connectivity index (χ2n) is 3.81. The van der Waals surface area contributed by atoms with Gasteiger partial charge in [0.15, 0.2) is 0 Å².